The van der Waals surface area contributed by atoms with Crippen LogP contribution >= 0.6 is 0 Å². The molecule has 9 heteroatoms. The van der Waals surface area contributed by atoms with Crippen molar-refractivity contribution < 1.29 is 18.0 Å². The summed E-state index contributed by atoms with van der Waals surface area (Å²) in [6.07, 6.45) is -3.69. The lowest BCUT2D eigenvalue weighted by molar-refractivity contribution is -0.137. The van der Waals surface area contributed by atoms with Crippen LogP contribution in [0.1, 0.15) is 24.1 Å². The number of tetrazole rings is 1. The summed E-state index contributed by atoms with van der Waals surface area (Å²) in [6.45, 7) is 2.21. The monoisotopic (exact) mass is 387 g/mol. The third kappa shape index (κ3) is 3.23. The van der Waals surface area contributed by atoms with E-state index in [-0.39, 0.29) is 17.3 Å². The summed E-state index contributed by atoms with van der Waals surface area (Å²) in [5.41, 5.74) is 1.35. The number of aromatic nitrogens is 4. The van der Waals surface area contributed by atoms with Crippen LogP contribution in [-0.2, 0) is 17.4 Å². The number of hydrogen-bond acceptors (Lipinski definition) is 4. The summed E-state index contributed by atoms with van der Waals surface area (Å²) in [7, 11) is 0. The molecule has 4 rings (SSSR count). The second-order valence-corrected chi connectivity index (χ2v) is 6.56. The van der Waals surface area contributed by atoms with Gasteiger partial charge in [-0.05, 0) is 42.3 Å². The van der Waals surface area contributed by atoms with Crippen molar-refractivity contribution in [3.8, 4) is 11.4 Å². The molecule has 0 aliphatic carbocycles. The minimum absolute atomic E-state index is 0.0348. The van der Waals surface area contributed by atoms with E-state index in [1.54, 1.807) is 11.8 Å². The van der Waals surface area contributed by atoms with Crippen molar-refractivity contribution in [1.82, 2.24) is 20.2 Å². The lowest BCUT2D eigenvalue weighted by Crippen LogP contribution is -2.35. The number of rotatable bonds is 3. The topological polar surface area (TPSA) is 63.9 Å². The Labute approximate surface area is 158 Å². The highest BCUT2D eigenvalue weighted by Crippen LogP contribution is 2.32. The minimum atomic E-state index is -4.46. The van der Waals surface area contributed by atoms with Gasteiger partial charge in [0.2, 0.25) is 5.82 Å². The highest BCUT2D eigenvalue weighted by atomic mass is 19.4. The van der Waals surface area contributed by atoms with E-state index < -0.39 is 17.8 Å². The standard InChI is InChI=1S/C19H16F3N5O/c1-12(18(28)26-10-9-13-5-2-3-8-16(13)26)27-24-17(23-25-27)14-6-4-7-15(11-14)19(20,21)22/h2-8,11-12H,9-10H2,1H3/t12-/m1/s1. The maximum absolute atomic E-state index is 12.9. The van der Waals surface area contributed by atoms with Crippen molar-refractivity contribution in [3.05, 3.63) is 59.7 Å². The zero-order chi connectivity index (χ0) is 19.9. The van der Waals surface area contributed by atoms with E-state index in [1.807, 2.05) is 24.3 Å². The number of alkyl halides is 3. The molecule has 1 aliphatic heterocycles. The van der Waals surface area contributed by atoms with Crippen molar-refractivity contribution in [2.24, 2.45) is 0 Å². The van der Waals surface area contributed by atoms with Gasteiger partial charge in [-0.2, -0.15) is 18.0 Å². The Morgan fingerprint density at radius 2 is 1.93 bits per heavy atom. The summed E-state index contributed by atoms with van der Waals surface area (Å²) in [6, 6.07) is 11.6. The van der Waals surface area contributed by atoms with Crippen LogP contribution in [0.3, 0.4) is 0 Å². The fourth-order valence-corrected chi connectivity index (χ4v) is 3.23. The fraction of sp³-hybridized carbons (Fsp3) is 0.263. The maximum atomic E-state index is 12.9. The van der Waals surface area contributed by atoms with Gasteiger partial charge in [-0.1, -0.05) is 30.3 Å². The summed E-state index contributed by atoms with van der Waals surface area (Å²) < 4.78 is 38.7. The molecule has 2 heterocycles. The third-order valence-electron chi connectivity index (χ3n) is 4.73. The van der Waals surface area contributed by atoms with E-state index in [4.69, 9.17) is 0 Å². The molecule has 0 N–H and O–H groups in total. The predicted molar refractivity (Wildman–Crippen MR) is 95.5 cm³/mol. The number of carbonyl (C=O) groups excluding carboxylic acids is 1. The Morgan fingerprint density at radius 3 is 2.71 bits per heavy atom. The zero-order valence-electron chi connectivity index (χ0n) is 14.9. The molecular weight excluding hydrogens is 371 g/mol. The largest absolute Gasteiger partial charge is 0.416 e. The molecule has 0 radical (unpaired) electrons. The Kier molecular flexibility index (Phi) is 4.37. The second kappa shape index (κ2) is 6.74. The quantitative estimate of drug-likeness (QED) is 0.690. The molecule has 0 saturated heterocycles. The average molecular weight is 387 g/mol. The first kappa shape index (κ1) is 18.1. The molecule has 1 amide bonds. The molecule has 1 aliphatic rings. The summed E-state index contributed by atoms with van der Waals surface area (Å²) in [5, 5.41) is 11.8. The Balaban J connectivity index is 1.57. The van der Waals surface area contributed by atoms with E-state index in [2.05, 4.69) is 15.4 Å². The summed E-state index contributed by atoms with van der Waals surface area (Å²) in [4.78, 5) is 15.7. The van der Waals surface area contributed by atoms with Gasteiger partial charge in [-0.25, -0.2) is 0 Å². The molecule has 0 bridgehead atoms. The number of fused-ring (bicyclic) bond motifs is 1. The zero-order valence-corrected chi connectivity index (χ0v) is 14.9. The van der Waals surface area contributed by atoms with Gasteiger partial charge in [0.25, 0.3) is 5.91 Å². The molecule has 0 spiro atoms. The van der Waals surface area contributed by atoms with E-state index in [0.717, 1.165) is 34.6 Å². The number of amides is 1. The Bertz CT molecular complexity index is 1030. The van der Waals surface area contributed by atoms with Crippen LogP contribution in [0.5, 0.6) is 0 Å². The first-order valence-corrected chi connectivity index (χ1v) is 8.71. The molecule has 0 saturated carbocycles. The van der Waals surface area contributed by atoms with E-state index >= 15 is 0 Å². The number of hydrogen-bond donors (Lipinski definition) is 0. The molecule has 0 fully saturated rings. The van der Waals surface area contributed by atoms with E-state index in [0.29, 0.717) is 6.54 Å². The van der Waals surface area contributed by atoms with Gasteiger partial charge >= 0.3 is 6.18 Å². The molecular formula is C19H16F3N5O. The van der Waals surface area contributed by atoms with Crippen LogP contribution in [-0.4, -0.2) is 32.7 Å². The van der Waals surface area contributed by atoms with Gasteiger partial charge in [-0.3, -0.25) is 4.79 Å². The lowest BCUT2D eigenvalue weighted by Gasteiger charge is -2.20. The molecule has 0 unspecified atom stereocenters. The minimum Gasteiger partial charge on any atom is -0.310 e. The van der Waals surface area contributed by atoms with Crippen LogP contribution in [0.2, 0.25) is 0 Å². The highest BCUT2D eigenvalue weighted by Gasteiger charge is 2.32. The number of carbonyl (C=O) groups is 1. The second-order valence-electron chi connectivity index (χ2n) is 6.56. The molecule has 144 valence electrons. The molecule has 3 aromatic rings. The fourth-order valence-electron chi connectivity index (χ4n) is 3.23. The molecule has 1 aromatic heterocycles. The predicted octanol–water partition coefficient (Wildman–Crippen LogP) is 3.51. The number of halogens is 3. The Hall–Kier alpha value is -3.23. The van der Waals surface area contributed by atoms with Crippen molar-refractivity contribution in [2.75, 3.05) is 11.4 Å². The average Bonchev–Trinajstić information content (AvgIpc) is 3.34. The van der Waals surface area contributed by atoms with E-state index in [9.17, 15) is 18.0 Å². The van der Waals surface area contributed by atoms with Crippen LogP contribution in [0.25, 0.3) is 11.4 Å². The molecule has 2 aromatic carbocycles. The van der Waals surface area contributed by atoms with Gasteiger partial charge in [0.05, 0.1) is 5.56 Å². The highest BCUT2D eigenvalue weighted by molar-refractivity contribution is 5.97. The van der Waals surface area contributed by atoms with Crippen molar-refractivity contribution in [2.45, 2.75) is 25.6 Å². The van der Waals surface area contributed by atoms with Gasteiger partial charge in [0.1, 0.15) is 6.04 Å². The smallest absolute Gasteiger partial charge is 0.310 e. The third-order valence-corrected chi connectivity index (χ3v) is 4.73. The number of nitrogens with zero attached hydrogens (tertiary/aromatic N) is 5. The normalized spacial score (nSPS) is 14.8. The van der Waals surface area contributed by atoms with E-state index in [1.165, 1.54) is 12.1 Å². The summed E-state index contributed by atoms with van der Waals surface area (Å²) >= 11 is 0. The lowest BCUT2D eigenvalue weighted by atomic mass is 10.1. The van der Waals surface area contributed by atoms with Gasteiger partial charge in [0.15, 0.2) is 0 Å². The Morgan fingerprint density at radius 1 is 1.14 bits per heavy atom. The number of para-hydroxylation sites is 1. The van der Waals surface area contributed by atoms with Crippen molar-refractivity contribution in [1.29, 1.82) is 0 Å². The summed E-state index contributed by atoms with van der Waals surface area (Å²) in [5.74, 6) is -0.162. The van der Waals surface area contributed by atoms with Crippen LogP contribution < -0.4 is 4.90 Å². The number of anilines is 1. The SMILES string of the molecule is C[C@H](C(=O)N1CCc2ccccc21)n1nnc(-c2cccc(C(F)(F)F)c2)n1. The van der Waals surface area contributed by atoms with Crippen molar-refractivity contribution in [3.63, 3.8) is 0 Å². The first-order chi connectivity index (χ1) is 13.3. The van der Waals surface area contributed by atoms with Gasteiger partial charge in [-0.15, -0.1) is 10.2 Å². The van der Waals surface area contributed by atoms with Crippen LogP contribution in [0, 0.1) is 0 Å². The van der Waals surface area contributed by atoms with Crippen molar-refractivity contribution >= 4 is 11.6 Å². The molecule has 1 atom stereocenters. The van der Waals surface area contributed by atoms with Gasteiger partial charge in [0, 0.05) is 17.8 Å². The molecule has 28 heavy (non-hydrogen) atoms. The maximum Gasteiger partial charge on any atom is 0.416 e. The van der Waals surface area contributed by atoms with Gasteiger partial charge < -0.3 is 4.90 Å². The molecule has 6 nitrogen and oxygen atoms in total. The van der Waals surface area contributed by atoms with Crippen LogP contribution in [0.15, 0.2) is 48.5 Å². The van der Waals surface area contributed by atoms with Crippen LogP contribution in [0.4, 0.5) is 18.9 Å². The number of benzene rings is 2. The first-order valence-electron chi connectivity index (χ1n) is 8.71.